The first-order chi connectivity index (χ1) is 13.2. The van der Waals surface area contributed by atoms with Crippen molar-refractivity contribution < 1.29 is 27.1 Å². The Labute approximate surface area is 157 Å². The van der Waals surface area contributed by atoms with Crippen molar-refractivity contribution in [1.82, 2.24) is 0 Å². The molecule has 0 bridgehead atoms. The first-order valence-electron chi connectivity index (χ1n) is 8.18. The number of halogens is 5. The van der Waals surface area contributed by atoms with Crippen LogP contribution in [0.3, 0.4) is 0 Å². The van der Waals surface area contributed by atoms with Crippen molar-refractivity contribution in [2.24, 2.45) is 4.99 Å². The fraction of sp³-hybridized carbons (Fsp3) is 0.0952. The van der Waals surface area contributed by atoms with Crippen LogP contribution in [0.5, 0.6) is 5.75 Å². The molecule has 0 aromatic heterocycles. The molecule has 144 valence electrons. The molecular formula is C21H14F5NO. The summed E-state index contributed by atoms with van der Waals surface area (Å²) in [5, 5.41) is 10.4. The molecule has 3 rings (SSSR count). The summed E-state index contributed by atoms with van der Waals surface area (Å²) < 4.78 is 68.8. The number of rotatable bonds is 3. The molecule has 0 atom stereocenters. The fourth-order valence-electron chi connectivity index (χ4n) is 2.82. The predicted octanol–water partition coefficient (Wildman–Crippen LogP) is 5.87. The van der Waals surface area contributed by atoms with Gasteiger partial charge in [0.2, 0.25) is 5.82 Å². The minimum atomic E-state index is -2.26. The second-order valence-corrected chi connectivity index (χ2v) is 6.22. The number of hydrogen-bond acceptors (Lipinski definition) is 2. The Morgan fingerprint density at radius 1 is 0.786 bits per heavy atom. The van der Waals surface area contributed by atoms with Gasteiger partial charge in [0.15, 0.2) is 23.3 Å². The SMILES string of the molecule is Cc1cc(C)c(O)c(/C(=N\c2c(F)c(F)c(F)c(F)c2F)c2ccccc2)c1. The molecule has 28 heavy (non-hydrogen) atoms. The highest BCUT2D eigenvalue weighted by molar-refractivity contribution is 6.15. The first kappa shape index (κ1) is 19.5. The molecule has 0 radical (unpaired) electrons. The molecule has 7 heteroatoms. The molecule has 1 N–H and O–H groups in total. The topological polar surface area (TPSA) is 32.6 Å². The van der Waals surface area contributed by atoms with Crippen molar-refractivity contribution in [3.8, 4) is 5.75 Å². The number of aromatic hydroxyl groups is 1. The van der Waals surface area contributed by atoms with Gasteiger partial charge in [-0.2, -0.15) is 0 Å². The zero-order valence-corrected chi connectivity index (χ0v) is 14.8. The first-order valence-corrected chi connectivity index (χ1v) is 8.18. The molecule has 0 saturated carbocycles. The van der Waals surface area contributed by atoms with E-state index in [9.17, 15) is 27.1 Å². The molecule has 0 fully saturated rings. The highest BCUT2D eigenvalue weighted by Gasteiger charge is 2.27. The average molecular weight is 391 g/mol. The summed E-state index contributed by atoms with van der Waals surface area (Å²) in [6.45, 7) is 3.35. The number of aryl methyl sites for hydroxylation is 2. The molecule has 0 aliphatic rings. The monoisotopic (exact) mass is 391 g/mol. The number of phenols is 1. The van der Waals surface area contributed by atoms with Crippen LogP contribution in [0, 0.1) is 42.9 Å². The van der Waals surface area contributed by atoms with Gasteiger partial charge in [-0.25, -0.2) is 26.9 Å². The maximum absolute atomic E-state index is 14.2. The number of benzene rings is 3. The van der Waals surface area contributed by atoms with E-state index in [0.29, 0.717) is 16.7 Å². The highest BCUT2D eigenvalue weighted by atomic mass is 19.2. The van der Waals surface area contributed by atoms with Gasteiger partial charge >= 0.3 is 0 Å². The van der Waals surface area contributed by atoms with Gasteiger partial charge in [-0.15, -0.1) is 0 Å². The van der Waals surface area contributed by atoms with E-state index in [1.165, 1.54) is 6.07 Å². The number of hydrogen-bond donors (Lipinski definition) is 1. The Bertz CT molecular complexity index is 1060. The van der Waals surface area contributed by atoms with Crippen LogP contribution >= 0.6 is 0 Å². The minimum Gasteiger partial charge on any atom is -0.507 e. The van der Waals surface area contributed by atoms with Gasteiger partial charge in [0.25, 0.3) is 0 Å². The van der Waals surface area contributed by atoms with Crippen LogP contribution < -0.4 is 0 Å². The molecule has 0 heterocycles. The highest BCUT2D eigenvalue weighted by Crippen LogP contribution is 2.33. The van der Waals surface area contributed by atoms with Crippen molar-refractivity contribution in [2.45, 2.75) is 13.8 Å². The van der Waals surface area contributed by atoms with Crippen LogP contribution in [0.4, 0.5) is 27.6 Å². The van der Waals surface area contributed by atoms with E-state index >= 15 is 0 Å². The molecular weight excluding hydrogens is 377 g/mol. The van der Waals surface area contributed by atoms with Crippen molar-refractivity contribution in [3.63, 3.8) is 0 Å². The van der Waals surface area contributed by atoms with Crippen LogP contribution in [-0.4, -0.2) is 10.8 Å². The van der Waals surface area contributed by atoms with Gasteiger partial charge in [-0.3, -0.25) is 0 Å². The molecule has 0 unspecified atom stereocenters. The number of nitrogens with zero attached hydrogens (tertiary/aromatic N) is 1. The van der Waals surface area contributed by atoms with E-state index in [1.807, 2.05) is 0 Å². The van der Waals surface area contributed by atoms with E-state index in [0.717, 1.165) is 0 Å². The van der Waals surface area contributed by atoms with E-state index in [4.69, 9.17) is 0 Å². The van der Waals surface area contributed by atoms with Gasteiger partial charge < -0.3 is 5.11 Å². The van der Waals surface area contributed by atoms with Gasteiger partial charge in [0, 0.05) is 11.1 Å². The van der Waals surface area contributed by atoms with Crippen molar-refractivity contribution >= 4 is 11.4 Å². The number of aliphatic imine (C=N–C) groups is 1. The van der Waals surface area contributed by atoms with E-state index in [1.54, 1.807) is 50.2 Å². The lowest BCUT2D eigenvalue weighted by Gasteiger charge is -2.13. The number of phenolic OH excluding ortho intramolecular Hbond substituents is 1. The molecule has 0 saturated heterocycles. The van der Waals surface area contributed by atoms with E-state index < -0.39 is 34.8 Å². The quantitative estimate of drug-likeness (QED) is 0.257. The molecule has 0 spiro atoms. The Hall–Kier alpha value is -3.22. The second-order valence-electron chi connectivity index (χ2n) is 6.22. The summed E-state index contributed by atoms with van der Waals surface area (Å²) in [7, 11) is 0. The van der Waals surface area contributed by atoms with Crippen LogP contribution in [0.2, 0.25) is 0 Å². The van der Waals surface area contributed by atoms with Gasteiger partial charge in [-0.1, -0.05) is 36.4 Å². The molecule has 0 aliphatic heterocycles. The van der Waals surface area contributed by atoms with Gasteiger partial charge in [0.1, 0.15) is 11.4 Å². The Morgan fingerprint density at radius 2 is 1.32 bits per heavy atom. The molecule has 3 aromatic carbocycles. The second kappa shape index (κ2) is 7.42. The maximum Gasteiger partial charge on any atom is 0.200 e. The minimum absolute atomic E-state index is 0.104. The summed E-state index contributed by atoms with van der Waals surface area (Å²) in [6.07, 6.45) is 0. The van der Waals surface area contributed by atoms with Crippen LogP contribution in [-0.2, 0) is 0 Å². The lowest BCUT2D eigenvalue weighted by atomic mass is 9.97. The van der Waals surface area contributed by atoms with Crippen LogP contribution in [0.1, 0.15) is 22.3 Å². The van der Waals surface area contributed by atoms with E-state index in [2.05, 4.69) is 4.99 Å². The lowest BCUT2D eigenvalue weighted by molar-refractivity contribution is 0.381. The molecule has 0 aliphatic carbocycles. The summed E-state index contributed by atoms with van der Waals surface area (Å²) >= 11 is 0. The van der Waals surface area contributed by atoms with Crippen LogP contribution in [0.25, 0.3) is 0 Å². The van der Waals surface area contributed by atoms with Crippen molar-refractivity contribution in [3.05, 3.63) is 93.8 Å². The Balaban J connectivity index is 2.38. The predicted molar refractivity (Wildman–Crippen MR) is 95.6 cm³/mol. The molecule has 3 aromatic rings. The Kier molecular flexibility index (Phi) is 5.18. The summed E-state index contributed by atoms with van der Waals surface area (Å²) in [4.78, 5) is 3.76. The molecule has 2 nitrogen and oxygen atoms in total. The molecule has 0 amide bonds. The summed E-state index contributed by atoms with van der Waals surface area (Å²) in [5.74, 6) is -10.7. The normalized spacial score (nSPS) is 11.8. The third kappa shape index (κ3) is 3.35. The summed E-state index contributed by atoms with van der Waals surface area (Å²) in [5.41, 5.74) is 0.156. The maximum atomic E-state index is 14.2. The smallest absolute Gasteiger partial charge is 0.200 e. The van der Waals surface area contributed by atoms with Gasteiger partial charge in [-0.05, 0) is 31.0 Å². The fourth-order valence-corrected chi connectivity index (χ4v) is 2.82. The third-order valence-electron chi connectivity index (χ3n) is 4.16. The Morgan fingerprint density at radius 3 is 1.89 bits per heavy atom. The summed E-state index contributed by atoms with van der Waals surface area (Å²) in [6, 6.07) is 11.2. The van der Waals surface area contributed by atoms with Crippen molar-refractivity contribution in [1.29, 1.82) is 0 Å². The average Bonchev–Trinajstić information content (AvgIpc) is 2.69. The van der Waals surface area contributed by atoms with Gasteiger partial charge in [0.05, 0.1) is 5.71 Å². The largest absolute Gasteiger partial charge is 0.507 e. The third-order valence-corrected chi connectivity index (χ3v) is 4.16. The van der Waals surface area contributed by atoms with Crippen molar-refractivity contribution in [2.75, 3.05) is 0 Å². The zero-order valence-electron chi connectivity index (χ0n) is 14.8. The zero-order chi connectivity index (χ0) is 20.6. The van der Waals surface area contributed by atoms with Crippen LogP contribution in [0.15, 0.2) is 47.5 Å². The van der Waals surface area contributed by atoms with E-state index in [-0.39, 0.29) is 17.0 Å². The standard InChI is InChI=1S/C21H14F5NO/c1-10-8-11(2)21(28)13(9-10)19(12-6-4-3-5-7-12)27-20-17(25)15(23)14(22)16(24)18(20)26/h3-9,28H,1-2H3/b27-19-. The lowest BCUT2D eigenvalue weighted by Crippen LogP contribution is -2.07.